The van der Waals surface area contributed by atoms with Crippen molar-refractivity contribution >= 4 is 11.6 Å². The molecule has 43 heavy (non-hydrogen) atoms. The molecule has 0 aromatic carbocycles. The molecule has 0 saturated carbocycles. The molecule has 4 heteroatoms. The Labute approximate surface area is 266 Å². The van der Waals surface area contributed by atoms with Crippen LogP contribution >= 0.6 is 0 Å². The Bertz CT molecular complexity index is 697. The number of Topliss-reactive ketones (excluding diaryl/α,β-unsaturated/α-hetero) is 2. The second-order valence-corrected chi connectivity index (χ2v) is 12.2. The van der Waals surface area contributed by atoms with E-state index in [0.717, 1.165) is 77.0 Å². The molecule has 0 saturated heterocycles. The van der Waals surface area contributed by atoms with Gasteiger partial charge in [0.25, 0.3) is 0 Å². The minimum Gasteiger partial charge on any atom is -0.395 e. The van der Waals surface area contributed by atoms with Crippen LogP contribution in [-0.4, -0.2) is 35.0 Å². The topological polar surface area (TPSA) is 74.6 Å². The molecule has 0 heterocycles. The van der Waals surface area contributed by atoms with Gasteiger partial charge in [-0.3, -0.25) is 9.59 Å². The highest BCUT2D eigenvalue weighted by Crippen LogP contribution is 2.26. The molecule has 0 atom stereocenters. The van der Waals surface area contributed by atoms with E-state index in [1.54, 1.807) is 0 Å². The molecule has 0 aliphatic rings. The molecule has 4 nitrogen and oxygen atoms in total. The van der Waals surface area contributed by atoms with Gasteiger partial charge < -0.3 is 10.2 Å². The van der Waals surface area contributed by atoms with Gasteiger partial charge in [-0.2, -0.15) is 0 Å². The maximum atomic E-state index is 12.9. The fourth-order valence-electron chi connectivity index (χ4n) is 5.23. The zero-order valence-electron chi connectivity index (χ0n) is 28.2. The van der Waals surface area contributed by atoms with Gasteiger partial charge in [0.15, 0.2) is 11.6 Å². The van der Waals surface area contributed by atoms with Gasteiger partial charge in [-0.25, -0.2) is 0 Å². The van der Waals surface area contributed by atoms with Gasteiger partial charge >= 0.3 is 0 Å². The molecular weight excluding hydrogens is 532 g/mol. The molecular formula is C39H68O4. The third-order valence-electron chi connectivity index (χ3n) is 8.32. The normalized spacial score (nSPS) is 12.6. The Balaban J connectivity index is 3.98. The Morgan fingerprint density at radius 3 is 1.07 bits per heavy atom. The van der Waals surface area contributed by atoms with E-state index in [9.17, 15) is 19.8 Å². The van der Waals surface area contributed by atoms with Crippen LogP contribution in [0.4, 0.5) is 0 Å². The first kappa shape index (κ1) is 41.2. The van der Waals surface area contributed by atoms with Gasteiger partial charge in [-0.15, -0.1) is 0 Å². The van der Waals surface area contributed by atoms with Crippen molar-refractivity contribution in [1.29, 1.82) is 0 Å². The summed E-state index contributed by atoms with van der Waals surface area (Å²) in [6.07, 6.45) is 42.8. The lowest BCUT2D eigenvalue weighted by molar-refractivity contribution is -0.147. The molecule has 0 fully saturated rings. The predicted molar refractivity (Wildman–Crippen MR) is 185 cm³/mol. The van der Waals surface area contributed by atoms with Crippen molar-refractivity contribution in [1.82, 2.24) is 0 Å². The van der Waals surface area contributed by atoms with E-state index in [-0.39, 0.29) is 24.4 Å². The molecule has 0 rings (SSSR count). The number of hydrogen-bond donors (Lipinski definition) is 2. The first-order chi connectivity index (χ1) is 21.1. The SMILES string of the molecule is CCCCC/C=C\C/C=C\CCCCCCCC(=O)C(CO)(CO)C(=O)CCCCCCC/C=C\C/C=C\CCCCC. The van der Waals surface area contributed by atoms with Crippen LogP contribution in [-0.2, 0) is 9.59 Å². The summed E-state index contributed by atoms with van der Waals surface area (Å²) in [6.45, 7) is 3.27. The largest absolute Gasteiger partial charge is 0.395 e. The summed E-state index contributed by atoms with van der Waals surface area (Å²) in [5, 5.41) is 19.9. The molecule has 0 aromatic heterocycles. The van der Waals surface area contributed by atoms with Crippen LogP contribution in [0.15, 0.2) is 48.6 Å². The highest BCUT2D eigenvalue weighted by molar-refractivity contribution is 6.07. The van der Waals surface area contributed by atoms with Crippen molar-refractivity contribution in [3.05, 3.63) is 48.6 Å². The van der Waals surface area contributed by atoms with Gasteiger partial charge in [0.1, 0.15) is 5.41 Å². The third-order valence-corrected chi connectivity index (χ3v) is 8.32. The summed E-state index contributed by atoms with van der Waals surface area (Å²) < 4.78 is 0. The third kappa shape index (κ3) is 23.3. The van der Waals surface area contributed by atoms with Crippen LogP contribution in [0, 0.1) is 5.41 Å². The number of unbranched alkanes of at least 4 members (excludes halogenated alkanes) is 16. The lowest BCUT2D eigenvalue weighted by Gasteiger charge is -2.26. The molecule has 0 bridgehead atoms. The summed E-state index contributed by atoms with van der Waals surface area (Å²) in [5.41, 5.74) is -1.62. The quantitative estimate of drug-likeness (QED) is 0.0457. The maximum absolute atomic E-state index is 12.9. The first-order valence-electron chi connectivity index (χ1n) is 18.0. The molecule has 0 amide bonds. The van der Waals surface area contributed by atoms with Crippen LogP contribution in [0.25, 0.3) is 0 Å². The summed E-state index contributed by atoms with van der Waals surface area (Å²) in [5.74, 6) is -0.591. The average molecular weight is 601 g/mol. The molecule has 0 aliphatic carbocycles. The number of aliphatic hydroxyl groups excluding tert-OH is 2. The lowest BCUT2D eigenvalue weighted by atomic mass is 9.77. The average Bonchev–Trinajstić information content (AvgIpc) is 3.01. The highest BCUT2D eigenvalue weighted by Gasteiger charge is 2.43. The first-order valence-corrected chi connectivity index (χ1v) is 18.0. The zero-order valence-corrected chi connectivity index (χ0v) is 28.2. The van der Waals surface area contributed by atoms with Crippen LogP contribution < -0.4 is 0 Å². The van der Waals surface area contributed by atoms with Gasteiger partial charge in [-0.1, -0.05) is 127 Å². The van der Waals surface area contributed by atoms with Crippen molar-refractivity contribution in [3.8, 4) is 0 Å². The van der Waals surface area contributed by atoms with Gasteiger partial charge in [0.2, 0.25) is 0 Å². The van der Waals surface area contributed by atoms with Gasteiger partial charge in [0.05, 0.1) is 13.2 Å². The van der Waals surface area contributed by atoms with Crippen LogP contribution in [0.1, 0.15) is 168 Å². The summed E-state index contributed by atoms with van der Waals surface area (Å²) >= 11 is 0. The number of carbonyl (C=O) groups excluding carboxylic acids is 2. The number of carbonyl (C=O) groups is 2. The van der Waals surface area contributed by atoms with E-state index >= 15 is 0 Å². The molecule has 2 N–H and O–H groups in total. The fourth-order valence-corrected chi connectivity index (χ4v) is 5.23. The standard InChI is InChI=1S/C39H68O4/c1-3-5-7-9-11-13-15-17-19-21-23-25-27-29-31-33-37(42)39(35-40,36-41)38(43)34-32-30-28-26-24-22-20-18-16-14-12-10-8-6-4-2/h11-14,17-20,40-41H,3-10,15-16,21-36H2,1-2H3/b13-11-,14-12-,19-17-,20-18-. The molecule has 0 spiro atoms. The monoisotopic (exact) mass is 601 g/mol. The molecule has 248 valence electrons. The lowest BCUT2D eigenvalue weighted by Crippen LogP contribution is -2.46. The van der Waals surface area contributed by atoms with E-state index < -0.39 is 18.6 Å². The molecule has 0 aromatic rings. The summed E-state index contributed by atoms with van der Waals surface area (Å²) in [7, 11) is 0. The Kier molecular flexibility index (Phi) is 30.3. The number of ketones is 2. The van der Waals surface area contributed by atoms with E-state index in [4.69, 9.17) is 0 Å². The highest BCUT2D eigenvalue weighted by atomic mass is 16.3. The number of rotatable bonds is 32. The minimum absolute atomic E-state index is 0.250. The van der Waals surface area contributed by atoms with Crippen molar-refractivity contribution in [2.75, 3.05) is 13.2 Å². The van der Waals surface area contributed by atoms with E-state index in [1.165, 1.54) is 51.4 Å². The van der Waals surface area contributed by atoms with Crippen molar-refractivity contribution in [2.45, 2.75) is 168 Å². The van der Waals surface area contributed by atoms with E-state index in [0.29, 0.717) is 12.8 Å². The summed E-state index contributed by atoms with van der Waals surface area (Å²) in [6, 6.07) is 0. The number of hydrogen-bond acceptors (Lipinski definition) is 4. The predicted octanol–water partition coefficient (Wildman–Crippen LogP) is 10.7. The van der Waals surface area contributed by atoms with Crippen LogP contribution in [0.5, 0.6) is 0 Å². The van der Waals surface area contributed by atoms with Gasteiger partial charge in [-0.05, 0) is 77.0 Å². The Morgan fingerprint density at radius 1 is 0.442 bits per heavy atom. The van der Waals surface area contributed by atoms with E-state index in [2.05, 4.69) is 62.5 Å². The molecule has 0 unspecified atom stereocenters. The van der Waals surface area contributed by atoms with Crippen LogP contribution in [0.3, 0.4) is 0 Å². The fraction of sp³-hybridized carbons (Fsp3) is 0.744. The maximum Gasteiger partial charge on any atom is 0.151 e. The van der Waals surface area contributed by atoms with E-state index in [1.807, 2.05) is 0 Å². The Morgan fingerprint density at radius 2 is 0.744 bits per heavy atom. The van der Waals surface area contributed by atoms with Gasteiger partial charge in [0, 0.05) is 12.8 Å². The Hall–Kier alpha value is -1.78. The van der Waals surface area contributed by atoms with Crippen molar-refractivity contribution in [3.63, 3.8) is 0 Å². The zero-order chi connectivity index (χ0) is 31.7. The second kappa shape index (κ2) is 31.6. The number of allylic oxidation sites excluding steroid dienone is 8. The number of aliphatic hydroxyl groups is 2. The molecule has 0 radical (unpaired) electrons. The minimum atomic E-state index is -1.62. The summed E-state index contributed by atoms with van der Waals surface area (Å²) in [4.78, 5) is 25.8. The van der Waals surface area contributed by atoms with Crippen LogP contribution in [0.2, 0.25) is 0 Å². The smallest absolute Gasteiger partial charge is 0.151 e. The second-order valence-electron chi connectivity index (χ2n) is 12.2. The van der Waals surface area contributed by atoms with Crippen molar-refractivity contribution < 1.29 is 19.8 Å². The molecule has 0 aliphatic heterocycles. The van der Waals surface area contributed by atoms with Crippen molar-refractivity contribution in [2.24, 2.45) is 5.41 Å².